The van der Waals surface area contributed by atoms with Crippen LogP contribution in [0.1, 0.15) is 24.4 Å². The number of nitrogens with zero attached hydrogens (tertiary/aromatic N) is 1. The first-order chi connectivity index (χ1) is 11.0. The van der Waals surface area contributed by atoms with Crippen LogP contribution in [0.15, 0.2) is 53.4 Å². The molecule has 0 N–H and O–H groups in total. The van der Waals surface area contributed by atoms with E-state index in [1.54, 1.807) is 7.11 Å². The normalized spacial score (nSPS) is 19.0. The zero-order chi connectivity index (χ0) is 16.4. The zero-order valence-corrected chi connectivity index (χ0v) is 13.6. The molecule has 2 aromatic rings. The maximum absolute atomic E-state index is 13.1. The SMILES string of the molecule is COc1cccc([C@@H]2CCCN2S(=O)(=O)c2ccc(F)cc2)c1. The van der Waals surface area contributed by atoms with Crippen LogP contribution < -0.4 is 4.74 Å². The van der Waals surface area contributed by atoms with E-state index in [0.717, 1.165) is 18.4 Å². The van der Waals surface area contributed by atoms with Crippen molar-refractivity contribution in [3.8, 4) is 5.75 Å². The van der Waals surface area contributed by atoms with Crippen LogP contribution in [0.4, 0.5) is 4.39 Å². The third-order valence-corrected chi connectivity index (χ3v) is 6.02. The van der Waals surface area contributed by atoms with Crippen LogP contribution >= 0.6 is 0 Å². The number of hydrogen-bond acceptors (Lipinski definition) is 3. The minimum absolute atomic E-state index is 0.119. The fourth-order valence-electron chi connectivity index (χ4n) is 2.95. The molecule has 1 fully saturated rings. The highest BCUT2D eigenvalue weighted by molar-refractivity contribution is 7.89. The van der Waals surface area contributed by atoms with Crippen molar-refractivity contribution < 1.29 is 17.5 Å². The van der Waals surface area contributed by atoms with E-state index in [1.165, 1.54) is 28.6 Å². The Morgan fingerprint density at radius 3 is 2.61 bits per heavy atom. The molecule has 1 atom stereocenters. The molecule has 23 heavy (non-hydrogen) atoms. The second-order valence-electron chi connectivity index (χ2n) is 5.50. The van der Waals surface area contributed by atoms with Crippen LogP contribution in [0.2, 0.25) is 0 Å². The molecule has 0 saturated carbocycles. The average Bonchev–Trinajstić information content (AvgIpc) is 3.06. The largest absolute Gasteiger partial charge is 0.497 e. The van der Waals surface area contributed by atoms with Crippen molar-refractivity contribution in [1.29, 1.82) is 0 Å². The van der Waals surface area contributed by atoms with E-state index >= 15 is 0 Å². The lowest BCUT2D eigenvalue weighted by Gasteiger charge is -2.24. The summed E-state index contributed by atoms with van der Waals surface area (Å²) in [7, 11) is -2.06. The molecule has 1 aliphatic heterocycles. The van der Waals surface area contributed by atoms with E-state index in [-0.39, 0.29) is 10.9 Å². The van der Waals surface area contributed by atoms with E-state index in [1.807, 2.05) is 24.3 Å². The monoisotopic (exact) mass is 335 g/mol. The molecular formula is C17H18FNO3S. The zero-order valence-electron chi connectivity index (χ0n) is 12.8. The quantitative estimate of drug-likeness (QED) is 0.861. The van der Waals surface area contributed by atoms with Crippen LogP contribution in [-0.2, 0) is 10.0 Å². The second-order valence-corrected chi connectivity index (χ2v) is 7.39. The fraction of sp³-hybridized carbons (Fsp3) is 0.294. The van der Waals surface area contributed by atoms with Gasteiger partial charge < -0.3 is 4.74 Å². The molecule has 6 heteroatoms. The fourth-order valence-corrected chi connectivity index (χ4v) is 4.63. The van der Waals surface area contributed by atoms with Crippen LogP contribution in [0.5, 0.6) is 5.75 Å². The molecule has 1 saturated heterocycles. The average molecular weight is 335 g/mol. The Bertz CT molecular complexity index is 790. The van der Waals surface area contributed by atoms with Gasteiger partial charge in [-0.25, -0.2) is 12.8 Å². The Labute approximate surface area is 135 Å². The molecule has 4 nitrogen and oxygen atoms in total. The highest BCUT2D eigenvalue weighted by Gasteiger charge is 2.36. The lowest BCUT2D eigenvalue weighted by molar-refractivity contribution is 0.390. The van der Waals surface area contributed by atoms with Gasteiger partial charge in [0, 0.05) is 6.54 Å². The summed E-state index contributed by atoms with van der Waals surface area (Å²) >= 11 is 0. The number of hydrogen-bond donors (Lipinski definition) is 0. The lowest BCUT2D eigenvalue weighted by Crippen LogP contribution is -2.30. The number of benzene rings is 2. The van der Waals surface area contributed by atoms with Crippen molar-refractivity contribution in [2.75, 3.05) is 13.7 Å². The summed E-state index contributed by atoms with van der Waals surface area (Å²) in [6.07, 6.45) is 1.55. The molecule has 0 aromatic heterocycles. The molecule has 0 unspecified atom stereocenters. The third-order valence-electron chi connectivity index (χ3n) is 4.10. The Balaban J connectivity index is 1.96. The summed E-state index contributed by atoms with van der Waals surface area (Å²) in [5.74, 6) is 0.253. The van der Waals surface area contributed by atoms with Crippen LogP contribution in [0.3, 0.4) is 0 Å². The predicted molar refractivity (Wildman–Crippen MR) is 85.3 cm³/mol. The predicted octanol–water partition coefficient (Wildman–Crippen LogP) is 3.36. The molecule has 0 aliphatic carbocycles. The molecule has 0 bridgehead atoms. The van der Waals surface area contributed by atoms with Crippen molar-refractivity contribution in [3.05, 3.63) is 59.9 Å². The summed E-state index contributed by atoms with van der Waals surface area (Å²) in [5.41, 5.74) is 0.910. The van der Waals surface area contributed by atoms with Crippen LogP contribution in [-0.4, -0.2) is 26.4 Å². The molecular weight excluding hydrogens is 317 g/mol. The topological polar surface area (TPSA) is 46.6 Å². The van der Waals surface area contributed by atoms with Gasteiger partial charge in [-0.15, -0.1) is 0 Å². The van der Waals surface area contributed by atoms with E-state index in [0.29, 0.717) is 12.3 Å². The minimum atomic E-state index is -3.65. The maximum atomic E-state index is 13.1. The van der Waals surface area contributed by atoms with Crippen LogP contribution in [0.25, 0.3) is 0 Å². The Morgan fingerprint density at radius 1 is 1.17 bits per heavy atom. The van der Waals surface area contributed by atoms with Gasteiger partial charge in [-0.05, 0) is 54.8 Å². The molecule has 0 radical (unpaired) electrons. The van der Waals surface area contributed by atoms with Gasteiger partial charge in [0.15, 0.2) is 0 Å². The standard InChI is InChI=1S/C17H18FNO3S/c1-22-15-5-2-4-13(12-15)17-6-3-11-19(17)23(20,21)16-9-7-14(18)8-10-16/h2,4-5,7-10,12,17H,3,6,11H2,1H3/t17-/m0/s1. The van der Waals surface area contributed by atoms with Crippen molar-refractivity contribution in [2.24, 2.45) is 0 Å². The van der Waals surface area contributed by atoms with Gasteiger partial charge in [0.2, 0.25) is 10.0 Å². The molecule has 1 heterocycles. The van der Waals surface area contributed by atoms with Crippen molar-refractivity contribution >= 4 is 10.0 Å². The van der Waals surface area contributed by atoms with Gasteiger partial charge in [0.25, 0.3) is 0 Å². The number of sulfonamides is 1. The van der Waals surface area contributed by atoms with Crippen LogP contribution in [0, 0.1) is 5.82 Å². The van der Waals surface area contributed by atoms with E-state index in [9.17, 15) is 12.8 Å². The summed E-state index contributed by atoms with van der Waals surface area (Å²) in [6.45, 7) is 0.460. The molecule has 3 rings (SSSR count). The first kappa shape index (κ1) is 16.0. The molecule has 2 aromatic carbocycles. The first-order valence-corrected chi connectivity index (χ1v) is 8.88. The second kappa shape index (κ2) is 6.29. The van der Waals surface area contributed by atoms with Gasteiger partial charge >= 0.3 is 0 Å². The van der Waals surface area contributed by atoms with Gasteiger partial charge in [0.1, 0.15) is 11.6 Å². The third kappa shape index (κ3) is 3.09. The molecule has 1 aliphatic rings. The summed E-state index contributed by atoms with van der Waals surface area (Å²) < 4.78 is 45.5. The Kier molecular flexibility index (Phi) is 4.37. The molecule has 0 amide bonds. The summed E-state index contributed by atoms with van der Waals surface area (Å²) in [6, 6.07) is 12.2. The van der Waals surface area contributed by atoms with Gasteiger partial charge in [0.05, 0.1) is 18.0 Å². The molecule has 0 spiro atoms. The number of methoxy groups -OCH3 is 1. The Hall–Kier alpha value is -1.92. The highest BCUT2D eigenvalue weighted by Crippen LogP contribution is 2.37. The van der Waals surface area contributed by atoms with E-state index < -0.39 is 15.8 Å². The maximum Gasteiger partial charge on any atom is 0.243 e. The Morgan fingerprint density at radius 2 is 1.91 bits per heavy atom. The van der Waals surface area contributed by atoms with E-state index in [4.69, 9.17) is 4.74 Å². The number of halogens is 1. The molecule has 122 valence electrons. The first-order valence-electron chi connectivity index (χ1n) is 7.44. The minimum Gasteiger partial charge on any atom is -0.497 e. The van der Waals surface area contributed by atoms with Crippen molar-refractivity contribution in [2.45, 2.75) is 23.8 Å². The summed E-state index contributed by atoms with van der Waals surface area (Å²) in [5, 5.41) is 0. The number of rotatable bonds is 4. The van der Waals surface area contributed by atoms with E-state index in [2.05, 4.69) is 0 Å². The smallest absolute Gasteiger partial charge is 0.243 e. The highest BCUT2D eigenvalue weighted by atomic mass is 32.2. The lowest BCUT2D eigenvalue weighted by atomic mass is 10.1. The van der Waals surface area contributed by atoms with Gasteiger partial charge in [-0.2, -0.15) is 4.31 Å². The van der Waals surface area contributed by atoms with Crippen molar-refractivity contribution in [1.82, 2.24) is 4.31 Å². The van der Waals surface area contributed by atoms with Gasteiger partial charge in [-0.1, -0.05) is 12.1 Å². The summed E-state index contributed by atoms with van der Waals surface area (Å²) in [4.78, 5) is 0.119. The van der Waals surface area contributed by atoms with Crippen molar-refractivity contribution in [3.63, 3.8) is 0 Å². The number of ether oxygens (including phenoxy) is 1. The van der Waals surface area contributed by atoms with Gasteiger partial charge in [-0.3, -0.25) is 0 Å².